The van der Waals surface area contributed by atoms with E-state index in [-0.39, 0.29) is 17.9 Å². The van der Waals surface area contributed by atoms with Gasteiger partial charge in [-0.3, -0.25) is 0 Å². The van der Waals surface area contributed by atoms with Crippen LogP contribution < -0.4 is 17.2 Å². The predicted molar refractivity (Wildman–Crippen MR) is 58.5 cm³/mol. The summed E-state index contributed by atoms with van der Waals surface area (Å²) in [6.07, 6.45) is 0. The number of rotatable bonds is 4. The molecule has 14 heavy (non-hydrogen) atoms. The standard InChI is InChI=1S/C7H14N6S/c1-4(8)2-14-3-5-11-6(9)13-7(10)12-5/h4H,2-3,8H2,1H3,(H4,9,10,11,12,13). The molecule has 78 valence electrons. The van der Waals surface area contributed by atoms with Crippen molar-refractivity contribution < 1.29 is 0 Å². The highest BCUT2D eigenvalue weighted by molar-refractivity contribution is 7.98. The Morgan fingerprint density at radius 1 is 1.21 bits per heavy atom. The molecule has 1 rings (SSSR count). The number of nitrogen functional groups attached to an aromatic ring is 2. The summed E-state index contributed by atoms with van der Waals surface area (Å²) < 4.78 is 0. The number of hydrogen-bond acceptors (Lipinski definition) is 7. The van der Waals surface area contributed by atoms with E-state index in [1.165, 1.54) is 0 Å². The molecule has 0 spiro atoms. The van der Waals surface area contributed by atoms with Crippen LogP contribution in [0, 0.1) is 0 Å². The zero-order valence-corrected chi connectivity index (χ0v) is 8.79. The van der Waals surface area contributed by atoms with Crippen LogP contribution in [0.25, 0.3) is 0 Å². The van der Waals surface area contributed by atoms with Crippen LogP contribution in [0.5, 0.6) is 0 Å². The number of aromatic nitrogens is 3. The molecule has 0 bridgehead atoms. The highest BCUT2D eigenvalue weighted by Gasteiger charge is 2.02. The van der Waals surface area contributed by atoms with E-state index in [1.807, 2.05) is 6.92 Å². The maximum absolute atomic E-state index is 5.59. The van der Waals surface area contributed by atoms with Gasteiger partial charge in [-0.1, -0.05) is 0 Å². The molecule has 0 aliphatic carbocycles. The molecule has 0 aromatic carbocycles. The van der Waals surface area contributed by atoms with Crippen LogP contribution in [0.1, 0.15) is 12.7 Å². The van der Waals surface area contributed by atoms with Crippen molar-refractivity contribution in [2.45, 2.75) is 18.7 Å². The van der Waals surface area contributed by atoms with Crippen LogP contribution in [0.15, 0.2) is 0 Å². The van der Waals surface area contributed by atoms with Crippen molar-refractivity contribution in [2.24, 2.45) is 5.73 Å². The number of thioether (sulfide) groups is 1. The molecule has 0 amide bonds. The van der Waals surface area contributed by atoms with Gasteiger partial charge in [0.15, 0.2) is 0 Å². The first-order chi connectivity index (χ1) is 6.58. The third-order valence-electron chi connectivity index (χ3n) is 1.33. The van der Waals surface area contributed by atoms with Crippen LogP contribution in [0.2, 0.25) is 0 Å². The second kappa shape index (κ2) is 4.97. The van der Waals surface area contributed by atoms with Crippen LogP contribution in [0.4, 0.5) is 11.9 Å². The zero-order valence-electron chi connectivity index (χ0n) is 7.97. The maximum Gasteiger partial charge on any atom is 0.225 e. The van der Waals surface area contributed by atoms with Crippen LogP contribution in [-0.2, 0) is 5.75 Å². The highest BCUT2D eigenvalue weighted by Crippen LogP contribution is 2.10. The quantitative estimate of drug-likeness (QED) is 0.625. The molecule has 0 saturated heterocycles. The van der Waals surface area contributed by atoms with E-state index in [1.54, 1.807) is 11.8 Å². The monoisotopic (exact) mass is 214 g/mol. The molecule has 1 atom stereocenters. The molecule has 7 heteroatoms. The normalized spacial score (nSPS) is 12.7. The molecular formula is C7H14N6S. The van der Waals surface area contributed by atoms with Gasteiger partial charge in [0.05, 0.1) is 5.75 Å². The summed E-state index contributed by atoms with van der Waals surface area (Å²) >= 11 is 1.64. The summed E-state index contributed by atoms with van der Waals surface area (Å²) in [4.78, 5) is 11.6. The van der Waals surface area contributed by atoms with Gasteiger partial charge in [-0.25, -0.2) is 0 Å². The number of nitrogens with zero attached hydrogens (tertiary/aromatic N) is 3. The minimum Gasteiger partial charge on any atom is -0.368 e. The van der Waals surface area contributed by atoms with Gasteiger partial charge in [-0.05, 0) is 6.92 Å². The summed E-state index contributed by atoms with van der Waals surface area (Å²) in [6.45, 7) is 1.95. The number of hydrogen-bond donors (Lipinski definition) is 3. The van der Waals surface area contributed by atoms with Crippen molar-refractivity contribution in [3.8, 4) is 0 Å². The van der Waals surface area contributed by atoms with Gasteiger partial charge in [0.2, 0.25) is 11.9 Å². The second-order valence-corrected chi connectivity index (χ2v) is 3.99. The lowest BCUT2D eigenvalue weighted by atomic mass is 10.4. The first-order valence-corrected chi connectivity index (χ1v) is 5.32. The summed E-state index contributed by atoms with van der Waals surface area (Å²) in [6, 6.07) is 0.163. The molecule has 0 radical (unpaired) electrons. The SMILES string of the molecule is CC(N)CSCc1nc(N)nc(N)n1. The maximum atomic E-state index is 5.59. The lowest BCUT2D eigenvalue weighted by molar-refractivity contribution is 0.846. The molecule has 0 saturated carbocycles. The topological polar surface area (TPSA) is 117 Å². The molecular weight excluding hydrogens is 200 g/mol. The fourth-order valence-corrected chi connectivity index (χ4v) is 1.66. The molecule has 1 aromatic rings. The smallest absolute Gasteiger partial charge is 0.225 e. The molecule has 6 nitrogen and oxygen atoms in total. The van der Waals surface area contributed by atoms with Crippen molar-refractivity contribution >= 4 is 23.7 Å². The summed E-state index contributed by atoms with van der Waals surface area (Å²) in [5.41, 5.74) is 16.4. The van der Waals surface area contributed by atoms with E-state index in [9.17, 15) is 0 Å². The van der Waals surface area contributed by atoms with Gasteiger partial charge in [0.1, 0.15) is 5.82 Å². The lowest BCUT2D eigenvalue weighted by Gasteiger charge is -2.04. The molecule has 1 heterocycles. The Labute approximate surface area is 86.7 Å². The molecule has 1 aromatic heterocycles. The largest absolute Gasteiger partial charge is 0.368 e. The summed E-state index contributed by atoms with van der Waals surface area (Å²) in [5.74, 6) is 2.42. The fraction of sp³-hybridized carbons (Fsp3) is 0.571. The van der Waals surface area contributed by atoms with E-state index in [2.05, 4.69) is 15.0 Å². The van der Waals surface area contributed by atoms with Gasteiger partial charge in [-0.2, -0.15) is 26.7 Å². The third-order valence-corrected chi connectivity index (χ3v) is 2.55. The van der Waals surface area contributed by atoms with E-state index < -0.39 is 0 Å². The minimum absolute atomic E-state index is 0.161. The first-order valence-electron chi connectivity index (χ1n) is 4.17. The number of nitrogens with two attached hydrogens (primary N) is 3. The Balaban J connectivity index is 2.50. The molecule has 0 fully saturated rings. The van der Waals surface area contributed by atoms with E-state index in [0.717, 1.165) is 5.75 Å². The van der Waals surface area contributed by atoms with Crippen molar-refractivity contribution in [1.29, 1.82) is 0 Å². The average Bonchev–Trinajstić information content (AvgIpc) is 2.01. The van der Waals surface area contributed by atoms with E-state index >= 15 is 0 Å². The van der Waals surface area contributed by atoms with Gasteiger partial charge in [0.25, 0.3) is 0 Å². The second-order valence-electron chi connectivity index (χ2n) is 2.96. The molecule has 0 aliphatic heterocycles. The van der Waals surface area contributed by atoms with Crippen LogP contribution in [-0.4, -0.2) is 26.7 Å². The van der Waals surface area contributed by atoms with E-state index in [0.29, 0.717) is 11.6 Å². The Kier molecular flexibility index (Phi) is 3.90. The zero-order chi connectivity index (χ0) is 10.6. The minimum atomic E-state index is 0.161. The Hall–Kier alpha value is -1.08. The van der Waals surface area contributed by atoms with Crippen molar-refractivity contribution in [3.63, 3.8) is 0 Å². The summed E-state index contributed by atoms with van der Waals surface area (Å²) in [7, 11) is 0. The number of anilines is 2. The lowest BCUT2D eigenvalue weighted by Crippen LogP contribution is -2.17. The van der Waals surface area contributed by atoms with Crippen molar-refractivity contribution in [3.05, 3.63) is 5.82 Å². The van der Waals surface area contributed by atoms with Gasteiger partial charge >= 0.3 is 0 Å². The first kappa shape index (κ1) is 11.0. The summed E-state index contributed by atoms with van der Waals surface area (Å²) in [5, 5.41) is 0. The van der Waals surface area contributed by atoms with Crippen molar-refractivity contribution in [2.75, 3.05) is 17.2 Å². The third kappa shape index (κ3) is 3.75. The van der Waals surface area contributed by atoms with Crippen LogP contribution in [0.3, 0.4) is 0 Å². The van der Waals surface area contributed by atoms with Gasteiger partial charge in [-0.15, -0.1) is 0 Å². The fourth-order valence-electron chi connectivity index (χ4n) is 0.857. The van der Waals surface area contributed by atoms with Gasteiger partial charge < -0.3 is 17.2 Å². The Morgan fingerprint density at radius 2 is 1.79 bits per heavy atom. The molecule has 0 aliphatic rings. The molecule has 1 unspecified atom stereocenters. The van der Waals surface area contributed by atoms with Gasteiger partial charge in [0, 0.05) is 11.8 Å². The van der Waals surface area contributed by atoms with E-state index in [4.69, 9.17) is 17.2 Å². The Bertz CT molecular complexity index is 282. The predicted octanol–water partition coefficient (Wildman–Crippen LogP) is -0.384. The van der Waals surface area contributed by atoms with Crippen molar-refractivity contribution in [1.82, 2.24) is 15.0 Å². The highest BCUT2D eigenvalue weighted by atomic mass is 32.2. The Morgan fingerprint density at radius 3 is 2.29 bits per heavy atom. The molecule has 6 N–H and O–H groups in total. The van der Waals surface area contributed by atoms with Crippen LogP contribution >= 0.6 is 11.8 Å². The average molecular weight is 214 g/mol.